The monoisotopic (exact) mass is 275 g/mol. The maximum atomic E-state index is 13.9. The normalized spacial score (nSPS) is 14.3. The number of aromatic nitrogens is 2. The molecule has 1 aliphatic rings. The number of para-hydroxylation sites is 1. The van der Waals surface area contributed by atoms with Crippen LogP contribution in [0.15, 0.2) is 39.9 Å². The van der Waals surface area contributed by atoms with Crippen LogP contribution in [0.25, 0.3) is 5.69 Å². The van der Waals surface area contributed by atoms with E-state index in [1.165, 1.54) is 27.3 Å². The summed E-state index contributed by atoms with van der Waals surface area (Å²) in [5.41, 5.74) is -0.722. The first-order chi connectivity index (χ1) is 9.63. The number of nitrogens with one attached hydrogen (secondary N) is 1. The van der Waals surface area contributed by atoms with E-state index in [9.17, 15) is 14.0 Å². The second kappa shape index (κ2) is 4.63. The predicted octanol–water partition coefficient (Wildman–Crippen LogP) is 1.51. The SMILES string of the molecule is CNc1cc(=O)n(C2CC2)c(=O)n1-c1ccccc1F. The van der Waals surface area contributed by atoms with Gasteiger partial charge >= 0.3 is 5.69 Å². The van der Waals surface area contributed by atoms with Gasteiger partial charge in [0, 0.05) is 19.2 Å². The molecule has 1 aromatic carbocycles. The zero-order chi connectivity index (χ0) is 14.3. The highest BCUT2D eigenvalue weighted by atomic mass is 19.1. The van der Waals surface area contributed by atoms with E-state index in [0.717, 1.165) is 12.8 Å². The van der Waals surface area contributed by atoms with Crippen molar-refractivity contribution in [1.82, 2.24) is 9.13 Å². The van der Waals surface area contributed by atoms with Crippen LogP contribution in [0.3, 0.4) is 0 Å². The first-order valence-corrected chi connectivity index (χ1v) is 6.44. The van der Waals surface area contributed by atoms with Gasteiger partial charge in [0.15, 0.2) is 0 Å². The lowest BCUT2D eigenvalue weighted by atomic mass is 10.3. The molecule has 3 rings (SSSR count). The van der Waals surface area contributed by atoms with Gasteiger partial charge in [-0.2, -0.15) is 0 Å². The number of halogens is 1. The second-order valence-corrected chi connectivity index (χ2v) is 4.79. The fraction of sp³-hybridized carbons (Fsp3) is 0.286. The molecule has 5 nitrogen and oxygen atoms in total. The first-order valence-electron chi connectivity index (χ1n) is 6.44. The van der Waals surface area contributed by atoms with Crippen molar-refractivity contribution in [3.63, 3.8) is 0 Å². The van der Waals surface area contributed by atoms with Gasteiger partial charge in [-0.15, -0.1) is 0 Å². The molecule has 1 aromatic heterocycles. The number of hydrogen-bond acceptors (Lipinski definition) is 3. The molecule has 6 heteroatoms. The van der Waals surface area contributed by atoms with Gasteiger partial charge in [0.2, 0.25) is 0 Å². The van der Waals surface area contributed by atoms with E-state index in [-0.39, 0.29) is 23.1 Å². The minimum atomic E-state index is -0.507. The molecule has 0 bridgehead atoms. The van der Waals surface area contributed by atoms with E-state index in [1.807, 2.05) is 0 Å². The van der Waals surface area contributed by atoms with Gasteiger partial charge in [0.25, 0.3) is 5.56 Å². The fourth-order valence-electron chi connectivity index (χ4n) is 2.27. The lowest BCUT2D eigenvalue weighted by Gasteiger charge is -2.15. The summed E-state index contributed by atoms with van der Waals surface area (Å²) in [5, 5.41) is 2.77. The molecule has 0 spiro atoms. The molecule has 1 N–H and O–H groups in total. The van der Waals surface area contributed by atoms with Crippen LogP contribution in [0.1, 0.15) is 18.9 Å². The van der Waals surface area contributed by atoms with Crippen LogP contribution in [-0.4, -0.2) is 16.2 Å². The van der Waals surface area contributed by atoms with Crippen LogP contribution in [0.4, 0.5) is 10.2 Å². The van der Waals surface area contributed by atoms with Crippen molar-refractivity contribution in [2.45, 2.75) is 18.9 Å². The Balaban J connectivity index is 2.34. The van der Waals surface area contributed by atoms with Crippen LogP contribution >= 0.6 is 0 Å². The second-order valence-electron chi connectivity index (χ2n) is 4.79. The van der Waals surface area contributed by atoms with Crippen molar-refractivity contribution in [3.8, 4) is 5.69 Å². The third kappa shape index (κ3) is 1.93. The van der Waals surface area contributed by atoms with Crippen LogP contribution < -0.4 is 16.6 Å². The third-order valence-corrected chi connectivity index (χ3v) is 3.40. The Kier molecular flexibility index (Phi) is 2.93. The zero-order valence-corrected chi connectivity index (χ0v) is 11.0. The number of benzene rings is 1. The lowest BCUT2D eigenvalue weighted by molar-refractivity contribution is 0.595. The Morgan fingerprint density at radius 2 is 1.95 bits per heavy atom. The van der Waals surface area contributed by atoms with E-state index in [1.54, 1.807) is 19.2 Å². The van der Waals surface area contributed by atoms with Crippen LogP contribution in [0.5, 0.6) is 0 Å². The smallest absolute Gasteiger partial charge is 0.337 e. The van der Waals surface area contributed by atoms with E-state index in [2.05, 4.69) is 5.32 Å². The van der Waals surface area contributed by atoms with Crippen molar-refractivity contribution in [2.24, 2.45) is 0 Å². The molecule has 0 unspecified atom stereocenters. The molecule has 2 aromatic rings. The molecule has 1 fully saturated rings. The van der Waals surface area contributed by atoms with E-state index in [4.69, 9.17) is 0 Å². The molecule has 104 valence electrons. The van der Waals surface area contributed by atoms with E-state index in [0.29, 0.717) is 0 Å². The molecule has 0 radical (unpaired) electrons. The van der Waals surface area contributed by atoms with Crippen LogP contribution in [0.2, 0.25) is 0 Å². The summed E-state index contributed by atoms with van der Waals surface area (Å²) in [4.78, 5) is 24.5. The van der Waals surface area contributed by atoms with Crippen LogP contribution in [-0.2, 0) is 0 Å². The van der Waals surface area contributed by atoms with Crippen LogP contribution in [0, 0.1) is 5.82 Å². The highest BCUT2D eigenvalue weighted by molar-refractivity contribution is 5.45. The predicted molar refractivity (Wildman–Crippen MR) is 74.1 cm³/mol. The van der Waals surface area contributed by atoms with Crippen molar-refractivity contribution in [1.29, 1.82) is 0 Å². The summed E-state index contributed by atoms with van der Waals surface area (Å²) in [5.74, 6) is -0.228. The standard InChI is InChI=1S/C14H14FN3O2/c1-16-12-8-13(19)17(9-6-7-9)14(20)18(12)11-5-3-2-4-10(11)15/h2-5,8-9,16H,6-7H2,1H3. The summed E-state index contributed by atoms with van der Waals surface area (Å²) in [7, 11) is 1.59. The van der Waals surface area contributed by atoms with Gasteiger partial charge in [-0.3, -0.25) is 9.36 Å². The number of hydrogen-bond donors (Lipinski definition) is 1. The minimum absolute atomic E-state index is 0.0565. The molecule has 1 saturated carbocycles. The Hall–Kier alpha value is -2.37. The average molecular weight is 275 g/mol. The zero-order valence-electron chi connectivity index (χ0n) is 11.0. The molecular formula is C14H14FN3O2. The minimum Gasteiger partial charge on any atom is -0.374 e. The van der Waals surface area contributed by atoms with Gasteiger partial charge < -0.3 is 5.32 Å². The maximum absolute atomic E-state index is 13.9. The summed E-state index contributed by atoms with van der Waals surface area (Å²) in [6, 6.07) is 7.27. The fourth-order valence-corrected chi connectivity index (χ4v) is 2.27. The Morgan fingerprint density at radius 3 is 2.55 bits per heavy atom. The molecule has 1 aliphatic carbocycles. The quantitative estimate of drug-likeness (QED) is 0.924. The average Bonchev–Trinajstić information content (AvgIpc) is 3.24. The van der Waals surface area contributed by atoms with E-state index >= 15 is 0 Å². The van der Waals surface area contributed by atoms with Gasteiger partial charge in [-0.1, -0.05) is 12.1 Å². The summed E-state index contributed by atoms with van der Waals surface area (Å²) < 4.78 is 16.4. The number of rotatable bonds is 3. The lowest BCUT2D eigenvalue weighted by Crippen LogP contribution is -2.39. The number of anilines is 1. The largest absolute Gasteiger partial charge is 0.374 e. The highest BCUT2D eigenvalue weighted by Crippen LogP contribution is 2.32. The Labute approximate surface area is 114 Å². The molecule has 0 atom stereocenters. The van der Waals surface area contributed by atoms with Crippen molar-refractivity contribution in [2.75, 3.05) is 12.4 Å². The topological polar surface area (TPSA) is 56.0 Å². The van der Waals surface area contributed by atoms with Gasteiger partial charge in [-0.25, -0.2) is 13.8 Å². The third-order valence-electron chi connectivity index (χ3n) is 3.40. The van der Waals surface area contributed by atoms with Crippen molar-refractivity contribution < 1.29 is 4.39 Å². The molecule has 0 aliphatic heterocycles. The highest BCUT2D eigenvalue weighted by Gasteiger charge is 2.28. The Bertz CT molecular complexity index is 775. The van der Waals surface area contributed by atoms with Crippen molar-refractivity contribution >= 4 is 5.82 Å². The molecule has 0 saturated heterocycles. The summed E-state index contributed by atoms with van der Waals surface area (Å²) in [6.45, 7) is 0. The summed E-state index contributed by atoms with van der Waals surface area (Å²) in [6.07, 6.45) is 1.62. The van der Waals surface area contributed by atoms with Gasteiger partial charge in [-0.05, 0) is 25.0 Å². The maximum Gasteiger partial charge on any atom is 0.337 e. The summed E-state index contributed by atoms with van der Waals surface area (Å²) >= 11 is 0. The Morgan fingerprint density at radius 1 is 1.25 bits per heavy atom. The van der Waals surface area contributed by atoms with Crippen molar-refractivity contribution in [3.05, 3.63) is 57.0 Å². The molecule has 20 heavy (non-hydrogen) atoms. The first kappa shape index (κ1) is 12.7. The van der Waals surface area contributed by atoms with E-state index < -0.39 is 11.5 Å². The molecule has 0 amide bonds. The molecule has 1 heterocycles. The van der Waals surface area contributed by atoms with Gasteiger partial charge in [0.1, 0.15) is 11.6 Å². The number of nitrogens with zero attached hydrogens (tertiary/aromatic N) is 2. The molecular weight excluding hydrogens is 261 g/mol. The van der Waals surface area contributed by atoms with Gasteiger partial charge in [0.05, 0.1) is 5.69 Å².